The highest BCUT2D eigenvalue weighted by Crippen LogP contribution is 2.21. The lowest BCUT2D eigenvalue weighted by Gasteiger charge is -2.31. The van der Waals surface area contributed by atoms with Crippen molar-refractivity contribution >= 4 is 41.6 Å². The number of carbonyl (C=O) groups excluding carboxylic acids is 2. The van der Waals surface area contributed by atoms with Gasteiger partial charge in [0, 0.05) is 19.5 Å². The molecule has 1 heterocycles. The van der Waals surface area contributed by atoms with Crippen molar-refractivity contribution in [3.63, 3.8) is 0 Å². The van der Waals surface area contributed by atoms with E-state index in [2.05, 4.69) is 10.2 Å². The molecular weight excluding hydrogens is 351 g/mol. The minimum absolute atomic E-state index is 0. The summed E-state index contributed by atoms with van der Waals surface area (Å²) in [6.07, 6.45) is 2.19. The van der Waals surface area contributed by atoms with Crippen LogP contribution in [0.15, 0.2) is 24.3 Å². The lowest BCUT2D eigenvalue weighted by molar-refractivity contribution is -0.149. The number of ether oxygens (including phenoxy) is 1. The lowest BCUT2D eigenvalue weighted by atomic mass is 9.98. The number of likely N-dealkylation sites (tertiary alicyclic amines) is 1. The molecular formula is C17H24Cl2N2O3. The maximum atomic E-state index is 12.0. The van der Waals surface area contributed by atoms with Crippen LogP contribution in [0.4, 0.5) is 5.69 Å². The predicted octanol–water partition coefficient (Wildman–Crippen LogP) is 3.37. The van der Waals surface area contributed by atoms with E-state index in [4.69, 9.17) is 16.3 Å². The van der Waals surface area contributed by atoms with Crippen molar-refractivity contribution in [2.75, 3.05) is 31.6 Å². The van der Waals surface area contributed by atoms with E-state index in [0.29, 0.717) is 36.8 Å². The molecule has 0 aliphatic carbocycles. The number of piperidine rings is 1. The fourth-order valence-corrected chi connectivity index (χ4v) is 2.93. The SMILES string of the molecule is CCOC(=O)C1CCCN(CCC(=O)Nc2ccccc2Cl)C1.Cl. The third-order valence-electron chi connectivity index (χ3n) is 3.93. The van der Waals surface area contributed by atoms with Gasteiger partial charge in [-0.2, -0.15) is 0 Å². The van der Waals surface area contributed by atoms with Crippen LogP contribution in [-0.4, -0.2) is 43.0 Å². The molecule has 1 unspecified atom stereocenters. The van der Waals surface area contributed by atoms with Gasteiger partial charge in [-0.05, 0) is 38.4 Å². The van der Waals surface area contributed by atoms with E-state index in [1.807, 2.05) is 19.1 Å². The van der Waals surface area contributed by atoms with E-state index in [1.165, 1.54) is 0 Å². The van der Waals surface area contributed by atoms with E-state index in [1.54, 1.807) is 12.1 Å². The van der Waals surface area contributed by atoms with Crippen molar-refractivity contribution in [1.82, 2.24) is 4.90 Å². The Labute approximate surface area is 154 Å². The Morgan fingerprint density at radius 1 is 1.38 bits per heavy atom. The van der Waals surface area contributed by atoms with E-state index >= 15 is 0 Å². The molecule has 1 amide bonds. The van der Waals surface area contributed by atoms with Crippen molar-refractivity contribution in [3.05, 3.63) is 29.3 Å². The molecule has 24 heavy (non-hydrogen) atoms. The van der Waals surface area contributed by atoms with Crippen LogP contribution >= 0.6 is 24.0 Å². The van der Waals surface area contributed by atoms with Crippen LogP contribution in [0, 0.1) is 5.92 Å². The Morgan fingerprint density at radius 2 is 2.12 bits per heavy atom. The third-order valence-corrected chi connectivity index (χ3v) is 4.26. The lowest BCUT2D eigenvalue weighted by Crippen LogP contribution is -2.40. The quantitative estimate of drug-likeness (QED) is 0.775. The van der Waals surface area contributed by atoms with E-state index in [-0.39, 0.29) is 30.2 Å². The molecule has 0 bridgehead atoms. The molecule has 1 aromatic rings. The van der Waals surface area contributed by atoms with Crippen molar-refractivity contribution in [2.24, 2.45) is 5.92 Å². The van der Waals surface area contributed by atoms with Crippen molar-refractivity contribution < 1.29 is 14.3 Å². The largest absolute Gasteiger partial charge is 0.466 e. The first kappa shape index (κ1) is 20.7. The number of halogens is 2. The molecule has 1 aromatic carbocycles. The van der Waals surface area contributed by atoms with Crippen LogP contribution in [0.1, 0.15) is 26.2 Å². The van der Waals surface area contributed by atoms with Gasteiger partial charge in [-0.25, -0.2) is 0 Å². The normalized spacial score (nSPS) is 17.7. The Balaban J connectivity index is 0.00000288. The van der Waals surface area contributed by atoms with Gasteiger partial charge in [0.2, 0.25) is 5.91 Å². The second-order valence-electron chi connectivity index (χ2n) is 5.67. The van der Waals surface area contributed by atoms with Gasteiger partial charge in [-0.15, -0.1) is 12.4 Å². The molecule has 1 aliphatic rings. The summed E-state index contributed by atoms with van der Waals surface area (Å²) in [4.78, 5) is 26.0. The zero-order valence-corrected chi connectivity index (χ0v) is 15.4. The van der Waals surface area contributed by atoms with Crippen LogP contribution < -0.4 is 5.32 Å². The van der Waals surface area contributed by atoms with Gasteiger partial charge in [0.15, 0.2) is 0 Å². The molecule has 2 rings (SSSR count). The number of nitrogens with one attached hydrogen (secondary N) is 1. The highest BCUT2D eigenvalue weighted by atomic mass is 35.5. The molecule has 0 aromatic heterocycles. The number of anilines is 1. The summed E-state index contributed by atoms with van der Waals surface area (Å²) in [5.41, 5.74) is 0.627. The van der Waals surface area contributed by atoms with Gasteiger partial charge in [0.25, 0.3) is 0 Å². The van der Waals surface area contributed by atoms with Gasteiger partial charge in [-0.3, -0.25) is 9.59 Å². The molecule has 1 saturated heterocycles. The Kier molecular flexibility index (Phi) is 9.11. The average molecular weight is 375 g/mol. The Bertz CT molecular complexity index is 554. The smallest absolute Gasteiger partial charge is 0.310 e. The maximum Gasteiger partial charge on any atom is 0.310 e. The van der Waals surface area contributed by atoms with Crippen molar-refractivity contribution in [3.8, 4) is 0 Å². The molecule has 0 saturated carbocycles. The summed E-state index contributed by atoms with van der Waals surface area (Å²) >= 11 is 6.02. The zero-order chi connectivity index (χ0) is 16.7. The summed E-state index contributed by atoms with van der Waals surface area (Å²) in [6.45, 7) is 4.44. The monoisotopic (exact) mass is 374 g/mol. The fourth-order valence-electron chi connectivity index (χ4n) is 2.75. The van der Waals surface area contributed by atoms with Gasteiger partial charge >= 0.3 is 5.97 Å². The van der Waals surface area contributed by atoms with Crippen LogP contribution in [0.25, 0.3) is 0 Å². The number of carbonyl (C=O) groups is 2. The predicted molar refractivity (Wildman–Crippen MR) is 97.7 cm³/mol. The number of hydrogen-bond donors (Lipinski definition) is 1. The minimum Gasteiger partial charge on any atom is -0.466 e. The topological polar surface area (TPSA) is 58.6 Å². The van der Waals surface area contributed by atoms with Crippen LogP contribution in [0.3, 0.4) is 0 Å². The number of benzene rings is 1. The van der Waals surface area contributed by atoms with Crippen LogP contribution in [0.2, 0.25) is 5.02 Å². The fraction of sp³-hybridized carbons (Fsp3) is 0.529. The standard InChI is InChI=1S/C17H23ClN2O3.ClH/c1-2-23-17(22)13-6-5-10-20(12-13)11-9-16(21)19-15-8-4-3-7-14(15)18;/h3-4,7-8,13H,2,5-6,9-12H2,1H3,(H,19,21);1H. The summed E-state index contributed by atoms with van der Waals surface area (Å²) in [7, 11) is 0. The minimum atomic E-state index is -0.127. The first-order valence-corrected chi connectivity index (χ1v) is 8.41. The van der Waals surface area contributed by atoms with Gasteiger partial charge in [-0.1, -0.05) is 23.7 Å². The summed E-state index contributed by atoms with van der Waals surface area (Å²) in [5, 5.41) is 3.34. The molecule has 1 aliphatic heterocycles. The third kappa shape index (κ3) is 6.30. The molecule has 1 atom stereocenters. The van der Waals surface area contributed by atoms with E-state index in [0.717, 1.165) is 19.4 Å². The molecule has 5 nitrogen and oxygen atoms in total. The Morgan fingerprint density at radius 3 is 2.83 bits per heavy atom. The van der Waals surface area contributed by atoms with E-state index < -0.39 is 0 Å². The van der Waals surface area contributed by atoms with E-state index in [9.17, 15) is 9.59 Å². The highest BCUT2D eigenvalue weighted by Gasteiger charge is 2.26. The van der Waals surface area contributed by atoms with Gasteiger partial charge in [0.1, 0.15) is 0 Å². The summed E-state index contributed by atoms with van der Waals surface area (Å²) < 4.78 is 5.09. The maximum absolute atomic E-state index is 12.0. The second kappa shape index (κ2) is 10.5. The second-order valence-corrected chi connectivity index (χ2v) is 6.08. The number of hydrogen-bond acceptors (Lipinski definition) is 4. The average Bonchev–Trinajstić information content (AvgIpc) is 2.56. The molecule has 1 fully saturated rings. The number of amides is 1. The van der Waals surface area contributed by atoms with Gasteiger partial charge < -0.3 is 15.0 Å². The van der Waals surface area contributed by atoms with Crippen molar-refractivity contribution in [2.45, 2.75) is 26.2 Å². The van der Waals surface area contributed by atoms with Crippen LogP contribution in [-0.2, 0) is 14.3 Å². The number of para-hydroxylation sites is 1. The number of esters is 1. The summed E-state index contributed by atoms with van der Waals surface area (Å²) in [6, 6.07) is 7.17. The molecule has 0 spiro atoms. The molecule has 1 N–H and O–H groups in total. The Hall–Kier alpha value is -1.30. The summed E-state index contributed by atoms with van der Waals surface area (Å²) in [5.74, 6) is -0.274. The highest BCUT2D eigenvalue weighted by molar-refractivity contribution is 6.33. The zero-order valence-electron chi connectivity index (χ0n) is 13.8. The number of rotatable bonds is 6. The molecule has 0 radical (unpaired) electrons. The van der Waals surface area contributed by atoms with Crippen LogP contribution in [0.5, 0.6) is 0 Å². The molecule has 134 valence electrons. The number of nitrogens with zero attached hydrogens (tertiary/aromatic N) is 1. The van der Waals surface area contributed by atoms with Gasteiger partial charge in [0.05, 0.1) is 23.2 Å². The first-order valence-electron chi connectivity index (χ1n) is 8.03. The first-order chi connectivity index (χ1) is 11.1. The van der Waals surface area contributed by atoms with Crippen molar-refractivity contribution in [1.29, 1.82) is 0 Å². The molecule has 7 heteroatoms.